The molecule has 0 aromatic heterocycles. The molecule has 4 unspecified atom stereocenters. The maximum atomic E-state index is 11.3. The molecule has 0 amide bonds. The van der Waals surface area contributed by atoms with Crippen molar-refractivity contribution in [2.24, 2.45) is 0 Å². The lowest BCUT2D eigenvalue weighted by Gasteiger charge is -2.36. The highest BCUT2D eigenvalue weighted by molar-refractivity contribution is 9.10. The van der Waals surface area contributed by atoms with Crippen LogP contribution in [0.4, 0.5) is 0 Å². The SMILES string of the molecule is O=C(O)/C(=C/c1ccc(Br)cc1)OC1CC(O)C(O)C(CO)O1. The smallest absolute Gasteiger partial charge is 0.371 e. The molecule has 0 bridgehead atoms. The third-order valence-electron chi connectivity index (χ3n) is 3.35. The van der Waals surface area contributed by atoms with Gasteiger partial charge in [-0.25, -0.2) is 4.79 Å². The van der Waals surface area contributed by atoms with Gasteiger partial charge in [-0.2, -0.15) is 0 Å². The van der Waals surface area contributed by atoms with Gasteiger partial charge in [-0.3, -0.25) is 0 Å². The number of hydrogen-bond acceptors (Lipinski definition) is 6. The topological polar surface area (TPSA) is 116 Å². The predicted molar refractivity (Wildman–Crippen MR) is 83.2 cm³/mol. The molecule has 1 aliphatic rings. The molecule has 8 heteroatoms. The van der Waals surface area contributed by atoms with Crippen LogP contribution < -0.4 is 0 Å². The fourth-order valence-electron chi connectivity index (χ4n) is 2.14. The van der Waals surface area contributed by atoms with Crippen molar-refractivity contribution in [3.63, 3.8) is 0 Å². The summed E-state index contributed by atoms with van der Waals surface area (Å²) in [7, 11) is 0. The molecular weight excluding hydrogens is 372 g/mol. The molecule has 1 saturated heterocycles. The molecule has 2 rings (SSSR count). The summed E-state index contributed by atoms with van der Waals surface area (Å²) in [6.45, 7) is -0.517. The van der Waals surface area contributed by atoms with Gasteiger partial charge in [0.1, 0.15) is 12.2 Å². The Balaban J connectivity index is 2.13. The van der Waals surface area contributed by atoms with E-state index in [4.69, 9.17) is 14.6 Å². The number of aliphatic hydroxyl groups excluding tert-OH is 3. The molecule has 1 aliphatic heterocycles. The lowest BCUT2D eigenvalue weighted by molar-refractivity contribution is -0.246. The summed E-state index contributed by atoms with van der Waals surface area (Å²) in [6.07, 6.45) is -3.32. The van der Waals surface area contributed by atoms with Crippen LogP contribution in [0, 0.1) is 0 Å². The maximum absolute atomic E-state index is 11.3. The Morgan fingerprint density at radius 2 is 2.00 bits per heavy atom. The molecular formula is C15H17BrO7. The Kier molecular flexibility index (Phi) is 6.14. The minimum absolute atomic E-state index is 0.109. The maximum Gasteiger partial charge on any atom is 0.371 e. The molecule has 126 valence electrons. The zero-order valence-corrected chi connectivity index (χ0v) is 13.6. The first-order valence-corrected chi connectivity index (χ1v) is 7.69. The highest BCUT2D eigenvalue weighted by Gasteiger charge is 2.38. The highest BCUT2D eigenvalue weighted by atomic mass is 79.9. The first-order chi connectivity index (χ1) is 10.9. The van der Waals surface area contributed by atoms with E-state index in [9.17, 15) is 20.1 Å². The fourth-order valence-corrected chi connectivity index (χ4v) is 2.40. The Hall–Kier alpha value is -1.45. The van der Waals surface area contributed by atoms with Crippen molar-refractivity contribution in [2.45, 2.75) is 31.0 Å². The Morgan fingerprint density at radius 3 is 2.57 bits per heavy atom. The van der Waals surface area contributed by atoms with E-state index >= 15 is 0 Å². The van der Waals surface area contributed by atoms with Gasteiger partial charge in [0.25, 0.3) is 0 Å². The van der Waals surface area contributed by atoms with Crippen LogP contribution >= 0.6 is 15.9 Å². The molecule has 0 saturated carbocycles. The molecule has 0 radical (unpaired) electrons. The fraction of sp³-hybridized carbons (Fsp3) is 0.400. The highest BCUT2D eigenvalue weighted by Crippen LogP contribution is 2.24. The van der Waals surface area contributed by atoms with E-state index in [1.807, 2.05) is 0 Å². The number of hydrogen-bond donors (Lipinski definition) is 4. The second-order valence-corrected chi connectivity index (χ2v) is 5.98. The largest absolute Gasteiger partial charge is 0.475 e. The number of carboxylic acid groups (broad SMARTS) is 1. The van der Waals surface area contributed by atoms with Crippen LogP contribution in [0.25, 0.3) is 6.08 Å². The molecule has 0 aliphatic carbocycles. The van der Waals surface area contributed by atoms with Crippen LogP contribution in [-0.4, -0.2) is 57.6 Å². The Labute approximate surface area is 140 Å². The Bertz CT molecular complexity index is 572. The van der Waals surface area contributed by atoms with Gasteiger partial charge < -0.3 is 29.9 Å². The quantitative estimate of drug-likeness (QED) is 0.433. The van der Waals surface area contributed by atoms with Crippen LogP contribution in [0.15, 0.2) is 34.5 Å². The summed E-state index contributed by atoms with van der Waals surface area (Å²) in [4.78, 5) is 11.3. The minimum Gasteiger partial charge on any atom is -0.475 e. The molecule has 1 heterocycles. The third-order valence-corrected chi connectivity index (χ3v) is 3.88. The van der Waals surface area contributed by atoms with E-state index in [0.717, 1.165) is 4.47 Å². The predicted octanol–water partition coefficient (Wildman–Crippen LogP) is 0.720. The molecule has 23 heavy (non-hydrogen) atoms. The molecule has 4 atom stereocenters. The summed E-state index contributed by atoms with van der Waals surface area (Å²) in [6, 6.07) is 6.91. The minimum atomic E-state index is -1.29. The van der Waals surface area contributed by atoms with Crippen molar-refractivity contribution < 1.29 is 34.7 Å². The van der Waals surface area contributed by atoms with Gasteiger partial charge in [0.2, 0.25) is 12.0 Å². The van der Waals surface area contributed by atoms with Gasteiger partial charge in [-0.05, 0) is 23.8 Å². The number of rotatable bonds is 5. The van der Waals surface area contributed by atoms with E-state index < -0.39 is 37.2 Å². The van der Waals surface area contributed by atoms with Gasteiger partial charge in [0.05, 0.1) is 12.7 Å². The molecule has 7 nitrogen and oxygen atoms in total. The number of carboxylic acids is 1. The molecule has 1 aromatic carbocycles. The van der Waals surface area contributed by atoms with Crippen molar-refractivity contribution >= 4 is 28.0 Å². The molecule has 0 spiro atoms. The molecule has 1 aromatic rings. The first kappa shape index (κ1) is 17.9. The summed E-state index contributed by atoms with van der Waals surface area (Å²) in [5.74, 6) is -1.66. The average Bonchev–Trinajstić information content (AvgIpc) is 2.52. The van der Waals surface area contributed by atoms with Gasteiger partial charge >= 0.3 is 5.97 Å². The van der Waals surface area contributed by atoms with Gasteiger partial charge in [-0.1, -0.05) is 28.1 Å². The normalized spacial score (nSPS) is 28.4. The zero-order valence-electron chi connectivity index (χ0n) is 12.0. The standard InChI is InChI=1S/C15H17BrO7/c16-9-3-1-8(2-4-9)5-11(15(20)21)22-13-6-10(18)14(19)12(7-17)23-13/h1-5,10,12-14,17-19H,6-7H2,(H,20,21)/b11-5-. The number of aliphatic carboxylic acids is 1. The van der Waals surface area contributed by atoms with Crippen molar-refractivity contribution in [1.29, 1.82) is 0 Å². The zero-order chi connectivity index (χ0) is 17.0. The molecule has 4 N–H and O–H groups in total. The van der Waals surface area contributed by atoms with Gasteiger partial charge in [-0.15, -0.1) is 0 Å². The van der Waals surface area contributed by atoms with Crippen LogP contribution in [-0.2, 0) is 14.3 Å². The third kappa shape index (κ3) is 4.76. The van der Waals surface area contributed by atoms with Gasteiger partial charge in [0.15, 0.2) is 0 Å². The van der Waals surface area contributed by atoms with Crippen molar-refractivity contribution in [3.05, 3.63) is 40.1 Å². The lowest BCUT2D eigenvalue weighted by atomic mass is 10.0. The monoisotopic (exact) mass is 388 g/mol. The average molecular weight is 389 g/mol. The number of carbonyl (C=O) groups is 1. The van der Waals surface area contributed by atoms with E-state index in [1.54, 1.807) is 24.3 Å². The number of benzene rings is 1. The summed E-state index contributed by atoms with van der Waals surface area (Å²) >= 11 is 3.28. The van der Waals surface area contributed by atoms with E-state index in [-0.39, 0.29) is 12.2 Å². The lowest BCUT2D eigenvalue weighted by Crippen LogP contribution is -2.50. The van der Waals surface area contributed by atoms with Crippen LogP contribution in [0.2, 0.25) is 0 Å². The number of aliphatic hydroxyl groups is 3. The van der Waals surface area contributed by atoms with Crippen molar-refractivity contribution in [2.75, 3.05) is 6.61 Å². The Morgan fingerprint density at radius 1 is 1.35 bits per heavy atom. The van der Waals surface area contributed by atoms with Gasteiger partial charge in [0, 0.05) is 10.9 Å². The van der Waals surface area contributed by atoms with E-state index in [2.05, 4.69) is 15.9 Å². The summed E-state index contributed by atoms with van der Waals surface area (Å²) < 4.78 is 11.4. The second kappa shape index (κ2) is 7.89. The van der Waals surface area contributed by atoms with Crippen molar-refractivity contribution in [3.8, 4) is 0 Å². The van der Waals surface area contributed by atoms with Crippen LogP contribution in [0.5, 0.6) is 0 Å². The number of halogens is 1. The van der Waals surface area contributed by atoms with Crippen LogP contribution in [0.3, 0.4) is 0 Å². The van der Waals surface area contributed by atoms with E-state index in [1.165, 1.54) is 6.08 Å². The second-order valence-electron chi connectivity index (χ2n) is 5.06. The van der Waals surface area contributed by atoms with Crippen molar-refractivity contribution in [1.82, 2.24) is 0 Å². The number of ether oxygens (including phenoxy) is 2. The first-order valence-electron chi connectivity index (χ1n) is 6.90. The van der Waals surface area contributed by atoms with Crippen LogP contribution in [0.1, 0.15) is 12.0 Å². The summed E-state index contributed by atoms with van der Waals surface area (Å²) in [5, 5.41) is 37.7. The molecule has 1 fully saturated rings. The summed E-state index contributed by atoms with van der Waals surface area (Å²) in [5.41, 5.74) is 0.612. The van der Waals surface area contributed by atoms with E-state index in [0.29, 0.717) is 5.56 Å².